The molecule has 2 bridgehead atoms. The van der Waals surface area contributed by atoms with Gasteiger partial charge in [0.15, 0.2) is 5.65 Å². The molecule has 2 aromatic heterocycles. The highest BCUT2D eigenvalue weighted by Crippen LogP contribution is 2.46. The van der Waals surface area contributed by atoms with Gasteiger partial charge in [-0.1, -0.05) is 36.4 Å². The topological polar surface area (TPSA) is 80.0 Å². The van der Waals surface area contributed by atoms with E-state index in [4.69, 9.17) is 4.74 Å². The first-order valence-electron chi connectivity index (χ1n) is 9.64. The molecule has 1 amide bonds. The summed E-state index contributed by atoms with van der Waals surface area (Å²) in [7, 11) is 0. The van der Waals surface area contributed by atoms with Crippen LogP contribution in [0.5, 0.6) is 0 Å². The van der Waals surface area contributed by atoms with E-state index in [1.165, 1.54) is 0 Å². The van der Waals surface area contributed by atoms with Gasteiger partial charge in [-0.05, 0) is 24.5 Å². The number of rotatable bonds is 3. The van der Waals surface area contributed by atoms with Gasteiger partial charge in [0, 0.05) is 36.7 Å². The zero-order valence-electron chi connectivity index (χ0n) is 15.4. The van der Waals surface area contributed by atoms with Crippen molar-refractivity contribution in [2.24, 2.45) is 0 Å². The Morgan fingerprint density at radius 1 is 1.14 bits per heavy atom. The van der Waals surface area contributed by atoms with E-state index in [1.807, 2.05) is 58.0 Å². The molecule has 4 heterocycles. The number of amides is 1. The monoisotopic (exact) mass is 378 g/mol. The number of hydrogen-bond donors (Lipinski definition) is 1. The van der Waals surface area contributed by atoms with E-state index in [-0.39, 0.29) is 24.8 Å². The van der Waals surface area contributed by atoms with Crippen molar-refractivity contribution in [2.75, 3.05) is 0 Å². The number of ether oxygens (including phenoxy) is 1. The van der Waals surface area contributed by atoms with Crippen LogP contribution in [0.2, 0.25) is 0 Å². The third-order valence-electron chi connectivity index (χ3n) is 6.01. The summed E-state index contributed by atoms with van der Waals surface area (Å²) in [4.78, 5) is 14.6. The number of nitrogens with zero attached hydrogens (tertiary/aromatic N) is 4. The molecular formula is C21H22N4O3. The normalized spacial score (nSPS) is 26.5. The largest absolute Gasteiger partial charge is 0.445 e. The van der Waals surface area contributed by atoms with Crippen molar-refractivity contribution in [3.63, 3.8) is 0 Å². The van der Waals surface area contributed by atoms with Crippen LogP contribution in [0.4, 0.5) is 4.79 Å². The van der Waals surface area contributed by atoms with Gasteiger partial charge in [0.05, 0.1) is 5.60 Å². The van der Waals surface area contributed by atoms with Crippen molar-refractivity contribution in [1.29, 1.82) is 0 Å². The Bertz CT molecular complexity index is 989. The summed E-state index contributed by atoms with van der Waals surface area (Å²) in [5.74, 6) is 0. The maximum absolute atomic E-state index is 12.7. The highest BCUT2D eigenvalue weighted by molar-refractivity contribution is 5.69. The molecule has 1 N–H and O–H groups in total. The van der Waals surface area contributed by atoms with E-state index in [0.717, 1.165) is 29.6 Å². The fourth-order valence-electron chi connectivity index (χ4n) is 4.66. The molecule has 2 unspecified atom stereocenters. The van der Waals surface area contributed by atoms with E-state index < -0.39 is 5.60 Å². The molecule has 1 aromatic carbocycles. The van der Waals surface area contributed by atoms with Crippen LogP contribution in [0, 0.1) is 0 Å². The molecule has 28 heavy (non-hydrogen) atoms. The van der Waals surface area contributed by atoms with Crippen LogP contribution in [-0.2, 0) is 16.9 Å². The van der Waals surface area contributed by atoms with Gasteiger partial charge in [0.1, 0.15) is 12.9 Å². The first-order chi connectivity index (χ1) is 13.6. The predicted octanol–water partition coefficient (Wildman–Crippen LogP) is 2.88. The average Bonchev–Trinajstić information content (AvgIpc) is 3.29. The Kier molecular flexibility index (Phi) is 4.05. The second-order valence-corrected chi connectivity index (χ2v) is 7.79. The number of hydrogen-bond acceptors (Lipinski definition) is 5. The number of fused-ring (bicyclic) bond motifs is 3. The molecule has 2 saturated heterocycles. The quantitative estimate of drug-likeness (QED) is 0.758. The third kappa shape index (κ3) is 2.92. The summed E-state index contributed by atoms with van der Waals surface area (Å²) in [5.41, 5.74) is 1.60. The summed E-state index contributed by atoms with van der Waals surface area (Å²) in [5, 5.41) is 19.3. The SMILES string of the molecule is O=C(OCc1ccccc1)N1C2CCC1CC(O)(c1ccc3nncn3c1)C2. The smallest absolute Gasteiger partial charge is 0.410 e. The maximum atomic E-state index is 12.7. The molecule has 2 aliphatic rings. The predicted molar refractivity (Wildman–Crippen MR) is 101 cm³/mol. The van der Waals surface area contributed by atoms with E-state index in [0.29, 0.717) is 12.8 Å². The lowest BCUT2D eigenvalue weighted by Gasteiger charge is -2.43. The van der Waals surface area contributed by atoms with E-state index in [9.17, 15) is 9.90 Å². The van der Waals surface area contributed by atoms with Crippen LogP contribution >= 0.6 is 0 Å². The zero-order chi connectivity index (χ0) is 19.1. The van der Waals surface area contributed by atoms with Gasteiger partial charge >= 0.3 is 6.09 Å². The van der Waals surface area contributed by atoms with E-state index >= 15 is 0 Å². The molecule has 144 valence electrons. The highest BCUT2D eigenvalue weighted by Gasteiger charge is 2.50. The van der Waals surface area contributed by atoms with Crippen LogP contribution in [0.25, 0.3) is 5.65 Å². The average molecular weight is 378 g/mol. The summed E-state index contributed by atoms with van der Waals surface area (Å²) in [6.07, 6.45) is 6.04. The van der Waals surface area contributed by atoms with Crippen molar-refractivity contribution in [3.8, 4) is 0 Å². The molecular weight excluding hydrogens is 356 g/mol. The molecule has 2 aliphatic heterocycles. The van der Waals surface area contributed by atoms with Crippen LogP contribution in [-0.4, -0.2) is 42.8 Å². The molecule has 3 aromatic rings. The van der Waals surface area contributed by atoms with Crippen molar-refractivity contribution < 1.29 is 14.6 Å². The van der Waals surface area contributed by atoms with Gasteiger partial charge < -0.3 is 14.7 Å². The van der Waals surface area contributed by atoms with Gasteiger partial charge in [-0.2, -0.15) is 0 Å². The number of aliphatic hydroxyl groups is 1. The number of carbonyl (C=O) groups excluding carboxylic acids is 1. The second kappa shape index (κ2) is 6.60. The van der Waals surface area contributed by atoms with Crippen molar-refractivity contribution >= 4 is 11.7 Å². The zero-order valence-corrected chi connectivity index (χ0v) is 15.4. The number of carbonyl (C=O) groups is 1. The summed E-state index contributed by atoms with van der Waals surface area (Å²) in [6, 6.07) is 13.4. The summed E-state index contributed by atoms with van der Waals surface area (Å²) in [6.45, 7) is 0.268. The van der Waals surface area contributed by atoms with E-state index in [1.54, 1.807) is 6.33 Å². The van der Waals surface area contributed by atoms with Crippen LogP contribution in [0.3, 0.4) is 0 Å². The maximum Gasteiger partial charge on any atom is 0.410 e. The fraction of sp³-hybridized carbons (Fsp3) is 0.381. The van der Waals surface area contributed by atoms with Crippen LogP contribution in [0.15, 0.2) is 55.0 Å². The number of aromatic nitrogens is 3. The third-order valence-corrected chi connectivity index (χ3v) is 6.01. The summed E-state index contributed by atoms with van der Waals surface area (Å²) < 4.78 is 7.37. The summed E-state index contributed by atoms with van der Waals surface area (Å²) >= 11 is 0. The minimum absolute atomic E-state index is 0.0105. The molecule has 0 spiro atoms. The molecule has 2 fully saturated rings. The highest BCUT2D eigenvalue weighted by atomic mass is 16.6. The lowest BCUT2D eigenvalue weighted by atomic mass is 9.81. The van der Waals surface area contributed by atoms with Gasteiger partial charge in [0.25, 0.3) is 0 Å². The second-order valence-electron chi connectivity index (χ2n) is 7.79. The Hall–Kier alpha value is -2.93. The van der Waals surface area contributed by atoms with E-state index in [2.05, 4.69) is 10.2 Å². The molecule has 0 aliphatic carbocycles. The molecule has 0 saturated carbocycles. The van der Waals surface area contributed by atoms with Gasteiger partial charge in [0.2, 0.25) is 0 Å². The first-order valence-corrected chi connectivity index (χ1v) is 9.64. The number of benzene rings is 1. The van der Waals surface area contributed by atoms with Crippen molar-refractivity contribution in [3.05, 3.63) is 66.1 Å². The van der Waals surface area contributed by atoms with Crippen molar-refractivity contribution in [2.45, 2.75) is 50.0 Å². The van der Waals surface area contributed by atoms with Gasteiger partial charge in [-0.3, -0.25) is 4.40 Å². The standard InChI is InChI=1S/C21H22N4O3/c26-20(28-13-15-4-2-1-3-5-15)25-17-7-8-18(25)11-21(27,10-17)16-6-9-19-23-22-14-24(19)12-16/h1-6,9,12,14,17-18,27H,7-8,10-11,13H2. The van der Waals surface area contributed by atoms with Gasteiger partial charge in [-0.25, -0.2) is 4.79 Å². The molecule has 0 radical (unpaired) electrons. The lowest BCUT2D eigenvalue weighted by Crippen LogP contribution is -2.52. The number of pyridine rings is 1. The Morgan fingerprint density at radius 2 is 1.89 bits per heavy atom. The molecule has 2 atom stereocenters. The Labute approximate surface area is 162 Å². The fourth-order valence-corrected chi connectivity index (χ4v) is 4.66. The first kappa shape index (κ1) is 17.2. The van der Waals surface area contributed by atoms with Crippen LogP contribution in [0.1, 0.15) is 36.8 Å². The lowest BCUT2D eigenvalue weighted by molar-refractivity contribution is -0.0539. The Balaban J connectivity index is 1.32. The Morgan fingerprint density at radius 3 is 2.64 bits per heavy atom. The van der Waals surface area contributed by atoms with Crippen molar-refractivity contribution in [1.82, 2.24) is 19.5 Å². The van der Waals surface area contributed by atoms with Gasteiger partial charge in [-0.15, -0.1) is 10.2 Å². The van der Waals surface area contributed by atoms with Crippen LogP contribution < -0.4 is 0 Å². The molecule has 7 nitrogen and oxygen atoms in total. The number of piperidine rings is 1. The minimum atomic E-state index is -0.958. The minimum Gasteiger partial charge on any atom is -0.445 e. The molecule has 5 rings (SSSR count). The molecule has 7 heteroatoms.